The molecule has 0 spiro atoms. The first-order valence-corrected chi connectivity index (χ1v) is 9.68. The predicted octanol–water partition coefficient (Wildman–Crippen LogP) is 3.96. The number of methoxy groups -OCH3 is 1. The standard InChI is InChI=1S/C23H20N2O8/c1-30-21-13-16(25(28)29)7-12-20(21)24-22(26)14-32-23(27)15-31-17-8-10-19(11-9-17)33-18-5-3-2-4-6-18/h2-13H,14-15H2,1H3,(H,24,26). The molecule has 0 atom stereocenters. The van der Waals surface area contributed by atoms with E-state index in [1.165, 1.54) is 25.3 Å². The average Bonchev–Trinajstić information content (AvgIpc) is 2.83. The molecule has 3 rings (SSSR count). The van der Waals surface area contributed by atoms with Gasteiger partial charge in [-0.2, -0.15) is 0 Å². The van der Waals surface area contributed by atoms with E-state index < -0.39 is 30.0 Å². The third kappa shape index (κ3) is 6.96. The van der Waals surface area contributed by atoms with E-state index in [9.17, 15) is 19.7 Å². The Hall–Kier alpha value is -4.60. The molecule has 0 radical (unpaired) electrons. The number of benzene rings is 3. The third-order valence-corrected chi connectivity index (χ3v) is 4.19. The number of non-ortho nitro benzene ring substituents is 1. The van der Waals surface area contributed by atoms with Gasteiger partial charge in [-0.05, 0) is 42.5 Å². The van der Waals surface area contributed by atoms with Gasteiger partial charge < -0.3 is 24.3 Å². The molecule has 170 valence electrons. The zero-order valence-corrected chi connectivity index (χ0v) is 17.6. The van der Waals surface area contributed by atoms with Gasteiger partial charge in [-0.3, -0.25) is 14.9 Å². The lowest BCUT2D eigenvalue weighted by Crippen LogP contribution is -2.23. The van der Waals surface area contributed by atoms with Crippen molar-refractivity contribution in [3.8, 4) is 23.0 Å². The summed E-state index contributed by atoms with van der Waals surface area (Å²) < 4.78 is 20.9. The summed E-state index contributed by atoms with van der Waals surface area (Å²) in [6, 6.07) is 19.6. The summed E-state index contributed by atoms with van der Waals surface area (Å²) in [7, 11) is 1.31. The van der Waals surface area contributed by atoms with Gasteiger partial charge in [0.2, 0.25) is 0 Å². The Morgan fingerprint density at radius 3 is 2.24 bits per heavy atom. The number of amides is 1. The van der Waals surface area contributed by atoms with E-state index in [2.05, 4.69) is 5.32 Å². The van der Waals surface area contributed by atoms with Crippen LogP contribution in [-0.4, -0.2) is 37.1 Å². The largest absolute Gasteiger partial charge is 0.494 e. The van der Waals surface area contributed by atoms with Gasteiger partial charge in [0.1, 0.15) is 23.0 Å². The predicted molar refractivity (Wildman–Crippen MR) is 118 cm³/mol. The molecular weight excluding hydrogens is 432 g/mol. The number of carbonyl (C=O) groups excluding carboxylic acids is 2. The Balaban J connectivity index is 1.43. The summed E-state index contributed by atoms with van der Waals surface area (Å²) in [4.78, 5) is 34.1. The van der Waals surface area contributed by atoms with Crippen molar-refractivity contribution >= 4 is 23.3 Å². The van der Waals surface area contributed by atoms with E-state index in [1.807, 2.05) is 30.3 Å². The Morgan fingerprint density at radius 1 is 0.909 bits per heavy atom. The fourth-order valence-electron chi connectivity index (χ4n) is 2.64. The van der Waals surface area contributed by atoms with Crippen molar-refractivity contribution in [3.05, 3.63) is 82.9 Å². The number of rotatable bonds is 10. The van der Waals surface area contributed by atoms with Gasteiger partial charge in [0.25, 0.3) is 11.6 Å². The molecule has 0 aliphatic heterocycles. The molecule has 10 nitrogen and oxygen atoms in total. The van der Waals surface area contributed by atoms with Crippen LogP contribution in [0.4, 0.5) is 11.4 Å². The summed E-state index contributed by atoms with van der Waals surface area (Å²) in [5, 5.41) is 13.3. The second-order valence-electron chi connectivity index (χ2n) is 6.53. The van der Waals surface area contributed by atoms with Gasteiger partial charge in [-0.25, -0.2) is 4.79 Å². The highest BCUT2D eigenvalue weighted by atomic mass is 16.6. The van der Waals surface area contributed by atoms with Crippen molar-refractivity contribution in [1.82, 2.24) is 0 Å². The van der Waals surface area contributed by atoms with Crippen molar-refractivity contribution in [2.24, 2.45) is 0 Å². The number of nitro benzene ring substituents is 1. The number of esters is 1. The smallest absolute Gasteiger partial charge is 0.344 e. The summed E-state index contributed by atoms with van der Waals surface area (Å²) in [6.45, 7) is -0.959. The number of hydrogen-bond donors (Lipinski definition) is 1. The molecule has 0 aliphatic rings. The van der Waals surface area contributed by atoms with E-state index >= 15 is 0 Å². The van der Waals surface area contributed by atoms with Crippen molar-refractivity contribution in [2.45, 2.75) is 0 Å². The monoisotopic (exact) mass is 452 g/mol. The lowest BCUT2D eigenvalue weighted by atomic mass is 10.2. The van der Waals surface area contributed by atoms with Crippen LogP contribution in [0.1, 0.15) is 0 Å². The van der Waals surface area contributed by atoms with E-state index in [1.54, 1.807) is 24.3 Å². The van der Waals surface area contributed by atoms with E-state index in [0.717, 1.165) is 0 Å². The van der Waals surface area contributed by atoms with E-state index in [0.29, 0.717) is 17.2 Å². The van der Waals surface area contributed by atoms with Gasteiger partial charge in [-0.15, -0.1) is 0 Å². The van der Waals surface area contributed by atoms with E-state index in [4.69, 9.17) is 18.9 Å². The van der Waals surface area contributed by atoms with Crippen LogP contribution in [0.25, 0.3) is 0 Å². The number of ether oxygens (including phenoxy) is 4. The zero-order chi connectivity index (χ0) is 23.6. The first-order chi connectivity index (χ1) is 15.9. The molecule has 0 saturated carbocycles. The Kier molecular flexibility index (Phi) is 7.79. The van der Waals surface area contributed by atoms with Crippen LogP contribution in [0.3, 0.4) is 0 Å². The maximum atomic E-state index is 12.0. The van der Waals surface area contributed by atoms with Gasteiger partial charge >= 0.3 is 5.97 Å². The van der Waals surface area contributed by atoms with Gasteiger partial charge in [0, 0.05) is 6.07 Å². The first-order valence-electron chi connectivity index (χ1n) is 9.68. The molecule has 0 saturated heterocycles. The Labute approximate surface area is 188 Å². The number of hydrogen-bond acceptors (Lipinski definition) is 8. The molecule has 0 aromatic heterocycles. The second kappa shape index (κ2) is 11.1. The average molecular weight is 452 g/mol. The molecule has 3 aromatic rings. The molecule has 0 bridgehead atoms. The molecule has 1 N–H and O–H groups in total. The number of nitrogens with zero attached hydrogens (tertiary/aromatic N) is 1. The van der Waals surface area contributed by atoms with Crippen LogP contribution in [-0.2, 0) is 14.3 Å². The molecule has 10 heteroatoms. The first kappa shape index (κ1) is 23.1. The van der Waals surface area contributed by atoms with E-state index in [-0.39, 0.29) is 17.1 Å². The molecule has 0 fully saturated rings. The molecule has 33 heavy (non-hydrogen) atoms. The molecule has 0 unspecified atom stereocenters. The number of para-hydroxylation sites is 1. The van der Waals surface area contributed by atoms with Crippen LogP contribution in [0.2, 0.25) is 0 Å². The van der Waals surface area contributed by atoms with Crippen LogP contribution < -0.4 is 19.5 Å². The highest BCUT2D eigenvalue weighted by Gasteiger charge is 2.15. The van der Waals surface area contributed by atoms with Crippen molar-refractivity contribution in [2.75, 3.05) is 25.6 Å². The topological polar surface area (TPSA) is 126 Å². The summed E-state index contributed by atoms with van der Waals surface area (Å²) in [5.41, 5.74) is 0.0197. The number of anilines is 1. The van der Waals surface area contributed by atoms with Crippen LogP contribution in [0.15, 0.2) is 72.8 Å². The van der Waals surface area contributed by atoms with Crippen molar-refractivity contribution in [1.29, 1.82) is 0 Å². The third-order valence-electron chi connectivity index (χ3n) is 4.19. The Morgan fingerprint density at radius 2 is 1.58 bits per heavy atom. The molecular formula is C23H20N2O8. The highest BCUT2D eigenvalue weighted by molar-refractivity contribution is 5.94. The maximum absolute atomic E-state index is 12.0. The number of carbonyl (C=O) groups is 2. The second-order valence-corrected chi connectivity index (χ2v) is 6.53. The molecule has 0 heterocycles. The van der Waals surface area contributed by atoms with Crippen LogP contribution in [0.5, 0.6) is 23.0 Å². The fourth-order valence-corrected chi connectivity index (χ4v) is 2.64. The number of nitrogens with one attached hydrogen (secondary N) is 1. The van der Waals surface area contributed by atoms with Crippen molar-refractivity contribution in [3.63, 3.8) is 0 Å². The van der Waals surface area contributed by atoms with Gasteiger partial charge in [-0.1, -0.05) is 18.2 Å². The number of nitro groups is 1. The minimum absolute atomic E-state index is 0.104. The molecule has 3 aromatic carbocycles. The molecule has 1 amide bonds. The summed E-state index contributed by atoms with van der Waals surface area (Å²) >= 11 is 0. The van der Waals surface area contributed by atoms with Gasteiger partial charge in [0.05, 0.1) is 23.8 Å². The summed E-state index contributed by atoms with van der Waals surface area (Å²) in [5.74, 6) is 0.441. The lowest BCUT2D eigenvalue weighted by Gasteiger charge is -2.11. The minimum atomic E-state index is -0.745. The molecule has 0 aliphatic carbocycles. The highest BCUT2D eigenvalue weighted by Crippen LogP contribution is 2.29. The Bertz CT molecular complexity index is 1120. The van der Waals surface area contributed by atoms with Gasteiger partial charge in [0.15, 0.2) is 13.2 Å². The van der Waals surface area contributed by atoms with Crippen LogP contribution in [0, 0.1) is 10.1 Å². The zero-order valence-electron chi connectivity index (χ0n) is 17.6. The normalized spacial score (nSPS) is 10.1. The lowest BCUT2D eigenvalue weighted by molar-refractivity contribution is -0.384. The maximum Gasteiger partial charge on any atom is 0.344 e. The van der Waals surface area contributed by atoms with Crippen LogP contribution >= 0.6 is 0 Å². The quantitative estimate of drug-likeness (QED) is 0.278. The van der Waals surface area contributed by atoms with Crippen molar-refractivity contribution < 1.29 is 33.5 Å². The fraction of sp³-hybridized carbons (Fsp3) is 0.130. The minimum Gasteiger partial charge on any atom is -0.494 e. The SMILES string of the molecule is COc1cc([N+](=O)[O-])ccc1NC(=O)COC(=O)COc1ccc(Oc2ccccc2)cc1. The summed E-state index contributed by atoms with van der Waals surface area (Å²) in [6.07, 6.45) is 0.